The van der Waals surface area contributed by atoms with Crippen LogP contribution < -0.4 is 4.74 Å². The SMILES string of the molecule is CCOC(=O)c1cc(C(=O)CBr)n(-c2ccc(OC)cc2)n1. The van der Waals surface area contributed by atoms with Gasteiger partial charge in [0.15, 0.2) is 11.5 Å². The van der Waals surface area contributed by atoms with E-state index in [0.717, 1.165) is 0 Å². The van der Waals surface area contributed by atoms with Gasteiger partial charge < -0.3 is 9.47 Å². The van der Waals surface area contributed by atoms with Crippen LogP contribution in [0.3, 0.4) is 0 Å². The standard InChI is InChI=1S/C15H15BrN2O4/c1-3-22-15(20)12-8-13(14(19)9-16)18(17-12)10-4-6-11(21-2)7-5-10/h4-8H,3,9H2,1-2H3. The molecule has 0 radical (unpaired) electrons. The Bertz CT molecular complexity index is 679. The molecule has 0 atom stereocenters. The predicted molar refractivity (Wildman–Crippen MR) is 84.2 cm³/mol. The summed E-state index contributed by atoms with van der Waals surface area (Å²) in [4.78, 5) is 23.9. The molecule has 2 rings (SSSR count). The Labute approximate surface area is 136 Å². The van der Waals surface area contributed by atoms with E-state index in [1.54, 1.807) is 38.3 Å². The smallest absolute Gasteiger partial charge is 0.358 e. The number of halogens is 1. The summed E-state index contributed by atoms with van der Waals surface area (Å²) in [5.74, 6) is -0.0489. The zero-order valence-electron chi connectivity index (χ0n) is 12.2. The van der Waals surface area contributed by atoms with Crippen LogP contribution in [0.2, 0.25) is 0 Å². The molecule has 1 heterocycles. The molecule has 0 amide bonds. The van der Waals surface area contributed by atoms with Crippen LogP contribution in [-0.2, 0) is 4.74 Å². The topological polar surface area (TPSA) is 70.4 Å². The number of rotatable bonds is 6. The molecule has 2 aromatic rings. The van der Waals surface area contributed by atoms with E-state index in [0.29, 0.717) is 17.1 Å². The second kappa shape index (κ2) is 7.22. The summed E-state index contributed by atoms with van der Waals surface area (Å²) >= 11 is 3.13. The van der Waals surface area contributed by atoms with Crippen LogP contribution in [0.1, 0.15) is 27.9 Å². The fourth-order valence-corrected chi connectivity index (χ4v) is 2.16. The van der Waals surface area contributed by atoms with Gasteiger partial charge in [-0.1, -0.05) is 15.9 Å². The molecule has 0 N–H and O–H groups in total. The number of ether oxygens (including phenoxy) is 2. The average Bonchev–Trinajstić information content (AvgIpc) is 3.00. The number of carbonyl (C=O) groups excluding carboxylic acids is 2. The maximum absolute atomic E-state index is 12.0. The summed E-state index contributed by atoms with van der Waals surface area (Å²) in [6, 6.07) is 8.45. The van der Waals surface area contributed by atoms with Crippen LogP contribution in [0.15, 0.2) is 30.3 Å². The molecule has 0 fully saturated rings. The largest absolute Gasteiger partial charge is 0.497 e. The Morgan fingerprint density at radius 3 is 2.50 bits per heavy atom. The van der Waals surface area contributed by atoms with E-state index in [-0.39, 0.29) is 23.4 Å². The van der Waals surface area contributed by atoms with Crippen molar-refractivity contribution in [2.45, 2.75) is 6.92 Å². The Morgan fingerprint density at radius 2 is 1.95 bits per heavy atom. The molecule has 0 unspecified atom stereocenters. The Kier molecular flexibility index (Phi) is 5.32. The van der Waals surface area contributed by atoms with Crippen molar-refractivity contribution in [2.24, 2.45) is 0 Å². The quantitative estimate of drug-likeness (QED) is 0.446. The first-order valence-electron chi connectivity index (χ1n) is 6.61. The molecular weight excluding hydrogens is 352 g/mol. The molecule has 0 aliphatic carbocycles. The predicted octanol–water partition coefficient (Wildman–Crippen LogP) is 2.64. The highest BCUT2D eigenvalue weighted by molar-refractivity contribution is 9.09. The normalized spacial score (nSPS) is 10.3. The van der Waals surface area contributed by atoms with E-state index in [2.05, 4.69) is 21.0 Å². The second-order valence-electron chi connectivity index (χ2n) is 4.30. The average molecular weight is 367 g/mol. The van der Waals surface area contributed by atoms with Crippen molar-refractivity contribution in [3.05, 3.63) is 41.7 Å². The molecular formula is C15H15BrN2O4. The van der Waals surface area contributed by atoms with Crippen molar-refractivity contribution >= 4 is 27.7 Å². The molecule has 116 valence electrons. The van der Waals surface area contributed by atoms with Gasteiger partial charge in [0.1, 0.15) is 11.4 Å². The first kappa shape index (κ1) is 16.2. The molecule has 0 saturated carbocycles. The first-order valence-corrected chi connectivity index (χ1v) is 7.73. The number of Topliss-reactive ketones (excluding diaryl/α,β-unsaturated/α-hetero) is 1. The third-order valence-electron chi connectivity index (χ3n) is 2.92. The number of nitrogens with zero attached hydrogens (tertiary/aromatic N) is 2. The number of aromatic nitrogens is 2. The summed E-state index contributed by atoms with van der Waals surface area (Å²) in [6.45, 7) is 1.96. The number of hydrogen-bond acceptors (Lipinski definition) is 5. The number of ketones is 1. The van der Waals surface area contributed by atoms with Crippen LogP contribution in [0.5, 0.6) is 5.75 Å². The highest BCUT2D eigenvalue weighted by atomic mass is 79.9. The lowest BCUT2D eigenvalue weighted by Crippen LogP contribution is -2.10. The van der Waals surface area contributed by atoms with Crippen LogP contribution in [-0.4, -0.2) is 40.6 Å². The highest BCUT2D eigenvalue weighted by Crippen LogP contribution is 2.18. The van der Waals surface area contributed by atoms with Crippen molar-refractivity contribution in [2.75, 3.05) is 19.0 Å². The van der Waals surface area contributed by atoms with Gasteiger partial charge in [0.25, 0.3) is 0 Å². The summed E-state index contributed by atoms with van der Waals surface area (Å²) < 4.78 is 11.5. The van der Waals surface area contributed by atoms with E-state index < -0.39 is 5.97 Å². The van der Waals surface area contributed by atoms with Crippen LogP contribution in [0.4, 0.5) is 0 Å². The van der Waals surface area contributed by atoms with Crippen molar-refractivity contribution in [3.8, 4) is 11.4 Å². The van der Waals surface area contributed by atoms with E-state index in [1.165, 1.54) is 10.7 Å². The molecule has 0 aliphatic heterocycles. The van der Waals surface area contributed by atoms with Gasteiger partial charge >= 0.3 is 5.97 Å². The summed E-state index contributed by atoms with van der Waals surface area (Å²) in [5.41, 5.74) is 1.06. The second-order valence-corrected chi connectivity index (χ2v) is 4.86. The van der Waals surface area contributed by atoms with Gasteiger partial charge in [-0.2, -0.15) is 5.10 Å². The van der Waals surface area contributed by atoms with Gasteiger partial charge in [-0.25, -0.2) is 9.48 Å². The minimum atomic E-state index is -0.557. The fourth-order valence-electron chi connectivity index (χ4n) is 1.87. The Balaban J connectivity index is 2.47. The minimum absolute atomic E-state index is 0.0990. The number of benzene rings is 1. The molecule has 0 saturated heterocycles. The summed E-state index contributed by atoms with van der Waals surface area (Å²) in [7, 11) is 1.57. The van der Waals surface area contributed by atoms with Gasteiger partial charge in [0, 0.05) is 6.07 Å². The third-order valence-corrected chi connectivity index (χ3v) is 3.43. The maximum atomic E-state index is 12.0. The monoisotopic (exact) mass is 366 g/mol. The number of esters is 1. The van der Waals surface area contributed by atoms with Crippen LogP contribution in [0, 0.1) is 0 Å². The highest BCUT2D eigenvalue weighted by Gasteiger charge is 2.20. The van der Waals surface area contributed by atoms with Crippen molar-refractivity contribution < 1.29 is 19.1 Å². The molecule has 0 bridgehead atoms. The first-order chi connectivity index (χ1) is 10.6. The number of carbonyl (C=O) groups is 2. The van der Waals surface area contributed by atoms with E-state index >= 15 is 0 Å². The van der Waals surface area contributed by atoms with Gasteiger partial charge in [-0.05, 0) is 31.2 Å². The minimum Gasteiger partial charge on any atom is -0.497 e. The van der Waals surface area contributed by atoms with Crippen molar-refractivity contribution in [1.82, 2.24) is 9.78 Å². The molecule has 0 spiro atoms. The molecule has 1 aromatic carbocycles. The zero-order valence-corrected chi connectivity index (χ0v) is 13.8. The maximum Gasteiger partial charge on any atom is 0.358 e. The van der Waals surface area contributed by atoms with Crippen LogP contribution >= 0.6 is 15.9 Å². The van der Waals surface area contributed by atoms with Gasteiger partial charge in [0.05, 0.1) is 24.7 Å². The van der Waals surface area contributed by atoms with E-state index in [9.17, 15) is 9.59 Å². The Hall–Kier alpha value is -2.15. The van der Waals surface area contributed by atoms with Gasteiger partial charge in [-0.15, -0.1) is 0 Å². The molecule has 7 heteroatoms. The lowest BCUT2D eigenvalue weighted by molar-refractivity contribution is 0.0519. The number of hydrogen-bond donors (Lipinski definition) is 0. The van der Waals surface area contributed by atoms with E-state index in [1.807, 2.05) is 0 Å². The zero-order chi connectivity index (χ0) is 16.1. The molecule has 22 heavy (non-hydrogen) atoms. The lowest BCUT2D eigenvalue weighted by atomic mass is 10.2. The molecule has 6 nitrogen and oxygen atoms in total. The number of methoxy groups -OCH3 is 1. The van der Waals surface area contributed by atoms with Crippen LogP contribution in [0.25, 0.3) is 5.69 Å². The summed E-state index contributed by atoms with van der Waals surface area (Å²) in [5, 5.41) is 4.32. The van der Waals surface area contributed by atoms with Gasteiger partial charge in [-0.3, -0.25) is 4.79 Å². The summed E-state index contributed by atoms with van der Waals surface area (Å²) in [6.07, 6.45) is 0. The van der Waals surface area contributed by atoms with E-state index in [4.69, 9.17) is 9.47 Å². The molecule has 0 aliphatic rings. The van der Waals surface area contributed by atoms with Gasteiger partial charge in [0.2, 0.25) is 0 Å². The molecule has 1 aromatic heterocycles. The fraction of sp³-hybridized carbons (Fsp3) is 0.267. The Morgan fingerprint density at radius 1 is 1.27 bits per heavy atom. The number of alkyl halides is 1. The lowest BCUT2D eigenvalue weighted by Gasteiger charge is -2.06. The third kappa shape index (κ3) is 3.36. The van der Waals surface area contributed by atoms with Crippen molar-refractivity contribution in [1.29, 1.82) is 0 Å². The van der Waals surface area contributed by atoms with Crippen molar-refractivity contribution in [3.63, 3.8) is 0 Å².